The van der Waals surface area contributed by atoms with E-state index >= 15 is 0 Å². The Labute approximate surface area is 270 Å². The summed E-state index contributed by atoms with van der Waals surface area (Å²) < 4.78 is 16.9. The highest BCUT2D eigenvalue weighted by molar-refractivity contribution is 5.92. The summed E-state index contributed by atoms with van der Waals surface area (Å²) in [5.41, 5.74) is 2.54. The van der Waals surface area contributed by atoms with Crippen LogP contribution in [0.1, 0.15) is 136 Å². The molecule has 3 rings (SSSR count). The molecule has 0 aliphatic heterocycles. The number of rotatable bonds is 19. The third-order valence-corrected chi connectivity index (χ3v) is 7.67. The van der Waals surface area contributed by atoms with Gasteiger partial charge in [-0.25, -0.2) is 9.59 Å². The summed E-state index contributed by atoms with van der Waals surface area (Å²) in [6, 6.07) is 21.3. The molecule has 3 aromatic carbocycles. The van der Waals surface area contributed by atoms with E-state index in [0.29, 0.717) is 16.9 Å². The maximum Gasteiger partial charge on any atom is 0.343 e. The number of hydrogen-bond acceptors (Lipinski definition) is 5. The van der Waals surface area contributed by atoms with Crippen LogP contribution < -0.4 is 9.47 Å². The van der Waals surface area contributed by atoms with Crippen LogP contribution in [-0.4, -0.2) is 24.6 Å². The fraction of sp³-hybridized carbons (Fsp3) is 0.450. The maximum absolute atomic E-state index is 12.7. The van der Waals surface area contributed by atoms with Gasteiger partial charge in [-0.05, 0) is 99.0 Å². The van der Waals surface area contributed by atoms with Crippen LogP contribution in [0, 0.1) is 11.8 Å². The molecule has 5 nitrogen and oxygen atoms in total. The summed E-state index contributed by atoms with van der Waals surface area (Å²) in [5.74, 6) is 6.68. The Hall–Kier alpha value is -4.04. The van der Waals surface area contributed by atoms with Crippen molar-refractivity contribution in [2.45, 2.75) is 110 Å². The van der Waals surface area contributed by atoms with Crippen molar-refractivity contribution >= 4 is 11.9 Å². The van der Waals surface area contributed by atoms with Crippen LogP contribution >= 0.6 is 0 Å². The second-order valence-electron chi connectivity index (χ2n) is 11.7. The van der Waals surface area contributed by atoms with E-state index in [0.717, 1.165) is 49.2 Å². The summed E-state index contributed by atoms with van der Waals surface area (Å²) in [5, 5.41) is 0. The van der Waals surface area contributed by atoms with Gasteiger partial charge in [0.15, 0.2) is 0 Å². The zero-order valence-electron chi connectivity index (χ0n) is 27.4. The number of esters is 2. The van der Waals surface area contributed by atoms with Gasteiger partial charge in [-0.3, -0.25) is 0 Å². The Morgan fingerprint density at radius 3 is 1.64 bits per heavy atom. The Morgan fingerprint density at radius 1 is 0.578 bits per heavy atom. The van der Waals surface area contributed by atoms with Gasteiger partial charge in [0.1, 0.15) is 11.5 Å². The van der Waals surface area contributed by atoms with Crippen molar-refractivity contribution in [3.8, 4) is 23.3 Å². The number of ether oxygens (including phenoxy) is 3. The quantitative estimate of drug-likeness (QED) is 0.0585. The highest BCUT2D eigenvalue weighted by Gasteiger charge is 2.13. The highest BCUT2D eigenvalue weighted by Crippen LogP contribution is 2.18. The molecule has 0 aliphatic carbocycles. The SMILES string of the molecule is CCCCCCCCCCOc1ccc(C#Cc2ccc(C(=O)Oc3ccc(C(=O)OC(C)CCCCCC)cc3)cc2)cc1. The van der Waals surface area contributed by atoms with Crippen molar-refractivity contribution < 1.29 is 23.8 Å². The molecule has 45 heavy (non-hydrogen) atoms. The molecule has 0 saturated heterocycles. The monoisotopic (exact) mass is 610 g/mol. The maximum atomic E-state index is 12.7. The first kappa shape index (κ1) is 35.4. The Morgan fingerprint density at radius 2 is 1.04 bits per heavy atom. The molecule has 1 unspecified atom stereocenters. The predicted octanol–water partition coefficient (Wildman–Crippen LogP) is 10.3. The van der Waals surface area contributed by atoms with E-state index < -0.39 is 5.97 Å². The number of carbonyl (C=O) groups is 2. The largest absolute Gasteiger partial charge is 0.494 e. The normalized spacial score (nSPS) is 11.3. The van der Waals surface area contributed by atoms with Gasteiger partial charge in [0, 0.05) is 11.1 Å². The molecular formula is C40H50O5. The zero-order valence-corrected chi connectivity index (χ0v) is 27.4. The molecule has 1 atom stereocenters. The van der Waals surface area contributed by atoms with Crippen molar-refractivity contribution in [2.24, 2.45) is 0 Å². The summed E-state index contributed by atoms with van der Waals surface area (Å²) in [6.45, 7) is 7.09. The molecule has 0 N–H and O–H groups in total. The second-order valence-corrected chi connectivity index (χ2v) is 11.7. The lowest BCUT2D eigenvalue weighted by Gasteiger charge is -2.13. The molecule has 0 bridgehead atoms. The van der Waals surface area contributed by atoms with Crippen LogP contribution in [0.5, 0.6) is 11.5 Å². The molecule has 0 aliphatic rings. The second kappa shape index (κ2) is 20.8. The molecule has 0 fully saturated rings. The number of benzene rings is 3. The third kappa shape index (κ3) is 14.1. The van der Waals surface area contributed by atoms with Crippen LogP contribution in [0.3, 0.4) is 0 Å². The molecule has 3 aromatic rings. The average Bonchev–Trinajstić information content (AvgIpc) is 3.06. The van der Waals surface area contributed by atoms with Gasteiger partial charge in [0.05, 0.1) is 23.8 Å². The molecule has 240 valence electrons. The van der Waals surface area contributed by atoms with Crippen LogP contribution in [0.2, 0.25) is 0 Å². The lowest BCUT2D eigenvalue weighted by molar-refractivity contribution is 0.0319. The lowest BCUT2D eigenvalue weighted by Crippen LogP contribution is -2.15. The molecular weight excluding hydrogens is 560 g/mol. The Bertz CT molecular complexity index is 1330. The minimum absolute atomic E-state index is 0.131. The summed E-state index contributed by atoms with van der Waals surface area (Å²) in [7, 11) is 0. The van der Waals surface area contributed by atoms with Crippen molar-refractivity contribution in [1.82, 2.24) is 0 Å². The number of unbranched alkanes of at least 4 members (excludes halogenated alkanes) is 10. The number of hydrogen-bond donors (Lipinski definition) is 0. The van der Waals surface area contributed by atoms with Gasteiger partial charge >= 0.3 is 11.9 Å². The van der Waals surface area contributed by atoms with Crippen LogP contribution in [-0.2, 0) is 4.74 Å². The predicted molar refractivity (Wildman–Crippen MR) is 182 cm³/mol. The molecule has 0 radical (unpaired) electrons. The van der Waals surface area contributed by atoms with Crippen molar-refractivity contribution in [1.29, 1.82) is 0 Å². The average molecular weight is 611 g/mol. The Balaban J connectivity index is 1.39. The fourth-order valence-electron chi connectivity index (χ4n) is 4.89. The summed E-state index contributed by atoms with van der Waals surface area (Å²) in [6.07, 6.45) is 15.6. The van der Waals surface area contributed by atoms with Crippen molar-refractivity contribution in [2.75, 3.05) is 6.61 Å². The lowest BCUT2D eigenvalue weighted by atomic mass is 10.1. The van der Waals surface area contributed by atoms with E-state index in [1.165, 1.54) is 57.8 Å². The van der Waals surface area contributed by atoms with Crippen LogP contribution in [0.25, 0.3) is 0 Å². The fourth-order valence-corrected chi connectivity index (χ4v) is 4.89. The van der Waals surface area contributed by atoms with Gasteiger partial charge in [-0.15, -0.1) is 0 Å². The molecule has 0 saturated carbocycles. The third-order valence-electron chi connectivity index (χ3n) is 7.67. The topological polar surface area (TPSA) is 61.8 Å². The molecule has 0 aromatic heterocycles. The standard InChI is InChI=1S/C40H50O5/c1-4-6-8-10-11-12-13-15-31-43-37-27-21-34(22-28-37)18-17-33-19-23-35(24-20-33)40(42)45-38-29-25-36(26-30-38)39(41)44-32(3)16-14-9-7-5-2/h19-30,32H,4-16,31H2,1-3H3. The van der Waals surface area contributed by atoms with E-state index in [2.05, 4.69) is 25.7 Å². The first-order chi connectivity index (χ1) is 22.0. The smallest absolute Gasteiger partial charge is 0.343 e. The summed E-state index contributed by atoms with van der Waals surface area (Å²) >= 11 is 0. The summed E-state index contributed by atoms with van der Waals surface area (Å²) in [4.78, 5) is 25.1. The molecule has 0 spiro atoms. The van der Waals surface area contributed by atoms with Crippen LogP contribution in [0.4, 0.5) is 0 Å². The molecule has 0 heterocycles. The van der Waals surface area contributed by atoms with Gasteiger partial charge in [0.25, 0.3) is 0 Å². The van der Waals surface area contributed by atoms with E-state index in [1.807, 2.05) is 31.2 Å². The highest BCUT2D eigenvalue weighted by atomic mass is 16.5. The molecule has 5 heteroatoms. The first-order valence-electron chi connectivity index (χ1n) is 16.9. The van der Waals surface area contributed by atoms with Gasteiger partial charge in [0.2, 0.25) is 0 Å². The van der Waals surface area contributed by atoms with E-state index in [-0.39, 0.29) is 12.1 Å². The van der Waals surface area contributed by atoms with E-state index in [4.69, 9.17) is 14.2 Å². The van der Waals surface area contributed by atoms with E-state index in [1.54, 1.807) is 48.5 Å². The minimum atomic E-state index is -0.479. The van der Waals surface area contributed by atoms with Crippen molar-refractivity contribution in [3.05, 3.63) is 95.1 Å². The number of carbonyl (C=O) groups excluding carboxylic acids is 2. The van der Waals surface area contributed by atoms with E-state index in [9.17, 15) is 9.59 Å². The van der Waals surface area contributed by atoms with Crippen LogP contribution in [0.15, 0.2) is 72.8 Å². The van der Waals surface area contributed by atoms with Gasteiger partial charge in [-0.2, -0.15) is 0 Å². The zero-order chi connectivity index (χ0) is 32.1. The molecule has 0 amide bonds. The van der Waals surface area contributed by atoms with Gasteiger partial charge < -0.3 is 14.2 Å². The first-order valence-corrected chi connectivity index (χ1v) is 16.9. The Kier molecular flexibility index (Phi) is 16.4. The van der Waals surface area contributed by atoms with Gasteiger partial charge in [-0.1, -0.05) is 89.9 Å². The minimum Gasteiger partial charge on any atom is -0.494 e. The van der Waals surface area contributed by atoms with Crippen molar-refractivity contribution in [3.63, 3.8) is 0 Å².